The predicted molar refractivity (Wildman–Crippen MR) is 244 cm³/mol. The van der Waals surface area contributed by atoms with Crippen LogP contribution in [0.2, 0.25) is 0 Å². The van der Waals surface area contributed by atoms with E-state index in [0.29, 0.717) is 5.95 Å². The number of fused-ring (bicyclic) bond motifs is 15. The monoisotopic (exact) mass is 760 g/mol. The quantitative estimate of drug-likeness (QED) is 0.180. The van der Waals surface area contributed by atoms with E-state index in [4.69, 9.17) is 9.97 Å². The van der Waals surface area contributed by atoms with Crippen LogP contribution < -0.4 is 0 Å². The van der Waals surface area contributed by atoms with Gasteiger partial charge in [0, 0.05) is 48.2 Å². The van der Waals surface area contributed by atoms with Crippen LogP contribution in [0.15, 0.2) is 152 Å². The summed E-state index contributed by atoms with van der Waals surface area (Å²) in [5.74, 6) is 0.693. The molecule has 4 nitrogen and oxygen atoms in total. The van der Waals surface area contributed by atoms with Crippen molar-refractivity contribution in [3.63, 3.8) is 0 Å². The average molecular weight is 761 g/mol. The van der Waals surface area contributed by atoms with Gasteiger partial charge in [-0.1, -0.05) is 147 Å². The Bertz CT molecular complexity index is 3540. The van der Waals surface area contributed by atoms with Crippen LogP contribution in [0.1, 0.15) is 42.5 Å². The minimum Gasteiger partial charge on any atom is -0.309 e. The maximum Gasteiger partial charge on any atom is 0.235 e. The fourth-order valence-electron chi connectivity index (χ4n) is 10.4. The second-order valence-electron chi connectivity index (χ2n) is 16.4. The van der Waals surface area contributed by atoms with Crippen molar-refractivity contribution in [3.05, 3.63) is 174 Å². The molecule has 0 saturated carbocycles. The Hall–Kier alpha value is -6.82. The Balaban J connectivity index is 1.26. The highest BCUT2D eigenvalue weighted by molar-refractivity contribution is 7.26. The molecule has 0 unspecified atom stereocenters. The van der Waals surface area contributed by atoms with E-state index in [1.807, 2.05) is 0 Å². The summed E-state index contributed by atoms with van der Waals surface area (Å²) in [6, 6.07) is 53.3. The third-order valence-electron chi connectivity index (χ3n) is 13.0. The van der Waals surface area contributed by atoms with Gasteiger partial charge in [-0.25, -0.2) is 9.97 Å². The standard InChI is InChI=1S/C53H36N4S/c1-53(2)39-24-12-8-22-36(39)47-40(53)29-28-38-46-35-21-7-6-20-34(35)43(56-41-25-13-9-18-32(41)33-19-10-14-26-42(33)56)30-44(46)57(50(38)47)52-54-48(31-16-4-3-5-17-31)51-49(55-52)37-23-11-15-27-45(37)58-51/h3-5,7-19,21-30H,6,20H2,1-2H3. The van der Waals surface area contributed by atoms with Gasteiger partial charge in [0.1, 0.15) is 0 Å². The molecule has 11 aromatic rings. The van der Waals surface area contributed by atoms with Gasteiger partial charge in [-0.2, -0.15) is 0 Å². The fourth-order valence-corrected chi connectivity index (χ4v) is 11.6. The van der Waals surface area contributed by atoms with Gasteiger partial charge in [0.05, 0.1) is 43.7 Å². The highest BCUT2D eigenvalue weighted by Gasteiger charge is 2.38. The zero-order chi connectivity index (χ0) is 38.3. The largest absolute Gasteiger partial charge is 0.309 e. The molecule has 7 aromatic carbocycles. The number of rotatable bonds is 3. The number of nitrogens with zero attached hydrogens (tertiary/aromatic N) is 4. The van der Waals surface area contributed by atoms with Gasteiger partial charge in [-0.05, 0) is 64.9 Å². The molecule has 0 fully saturated rings. The average Bonchev–Trinajstić information content (AvgIpc) is 3.99. The molecule has 0 spiro atoms. The molecule has 0 atom stereocenters. The third-order valence-corrected chi connectivity index (χ3v) is 14.2. The van der Waals surface area contributed by atoms with Crippen LogP contribution >= 0.6 is 11.3 Å². The van der Waals surface area contributed by atoms with E-state index in [9.17, 15) is 0 Å². The summed E-state index contributed by atoms with van der Waals surface area (Å²) in [5, 5.41) is 6.18. The van der Waals surface area contributed by atoms with Crippen LogP contribution in [0.4, 0.5) is 0 Å². The first-order valence-electron chi connectivity index (χ1n) is 20.2. The van der Waals surface area contributed by atoms with Gasteiger partial charge in [0.2, 0.25) is 5.95 Å². The van der Waals surface area contributed by atoms with Crippen LogP contribution in [0.3, 0.4) is 0 Å². The molecular weight excluding hydrogens is 725 g/mol. The first-order chi connectivity index (χ1) is 28.6. The number of hydrogen-bond acceptors (Lipinski definition) is 3. The van der Waals surface area contributed by atoms with Crippen molar-refractivity contribution in [2.24, 2.45) is 0 Å². The number of allylic oxidation sites excluding steroid dienone is 1. The van der Waals surface area contributed by atoms with Crippen LogP contribution in [0, 0.1) is 0 Å². The fraction of sp³-hybridized carbons (Fsp3) is 0.0943. The molecular formula is C53H36N4S. The lowest BCUT2D eigenvalue weighted by molar-refractivity contribution is 0.661. The van der Waals surface area contributed by atoms with Gasteiger partial charge in [-0.15, -0.1) is 11.3 Å². The number of hydrogen-bond donors (Lipinski definition) is 0. The predicted octanol–water partition coefficient (Wildman–Crippen LogP) is 14.0. The summed E-state index contributed by atoms with van der Waals surface area (Å²) >= 11 is 1.78. The van der Waals surface area contributed by atoms with Gasteiger partial charge in [0.25, 0.3) is 0 Å². The summed E-state index contributed by atoms with van der Waals surface area (Å²) in [5.41, 5.74) is 16.7. The molecule has 0 saturated heterocycles. The summed E-state index contributed by atoms with van der Waals surface area (Å²) < 4.78 is 7.27. The SMILES string of the molecule is CC1(C)c2ccccc2-c2c1ccc1c3c4c(c(-n5c6ccccc6c6ccccc65)cc3n(-c3nc(-c5ccccc5)c5sc6ccccc6c5n3)c21)CCC=C4. The smallest absolute Gasteiger partial charge is 0.235 e. The zero-order valence-corrected chi connectivity index (χ0v) is 32.9. The van der Waals surface area contributed by atoms with Crippen molar-refractivity contribution in [2.45, 2.75) is 32.1 Å². The van der Waals surface area contributed by atoms with Gasteiger partial charge < -0.3 is 4.57 Å². The van der Waals surface area contributed by atoms with E-state index in [2.05, 4.69) is 181 Å². The van der Waals surface area contributed by atoms with Crippen LogP contribution in [0.5, 0.6) is 0 Å². The van der Waals surface area contributed by atoms with Crippen molar-refractivity contribution >= 4 is 81.3 Å². The minimum absolute atomic E-state index is 0.168. The highest BCUT2D eigenvalue weighted by Crippen LogP contribution is 2.54. The molecule has 0 N–H and O–H groups in total. The lowest BCUT2D eigenvalue weighted by atomic mass is 9.82. The second kappa shape index (κ2) is 11.6. The van der Waals surface area contributed by atoms with E-state index in [0.717, 1.165) is 45.2 Å². The molecule has 0 radical (unpaired) electrons. The first kappa shape index (κ1) is 32.3. The molecule has 2 aliphatic rings. The minimum atomic E-state index is -0.168. The number of thiophene rings is 1. The molecule has 0 bridgehead atoms. The molecule has 0 amide bonds. The maximum atomic E-state index is 5.67. The van der Waals surface area contributed by atoms with E-state index in [-0.39, 0.29) is 5.41 Å². The Labute approximate surface area is 339 Å². The number of para-hydroxylation sites is 2. The molecule has 13 rings (SSSR count). The van der Waals surface area contributed by atoms with Crippen molar-refractivity contribution in [1.82, 2.24) is 19.1 Å². The number of benzene rings is 7. The lowest BCUT2D eigenvalue weighted by Crippen LogP contribution is -2.14. The molecule has 4 heterocycles. The number of aromatic nitrogens is 4. The Morgan fingerprint density at radius 2 is 1.33 bits per heavy atom. The second-order valence-corrected chi connectivity index (χ2v) is 17.4. The van der Waals surface area contributed by atoms with Gasteiger partial charge in [-0.3, -0.25) is 4.57 Å². The molecule has 0 aliphatic heterocycles. The molecule has 5 heteroatoms. The van der Waals surface area contributed by atoms with E-state index in [1.54, 1.807) is 11.3 Å². The summed E-state index contributed by atoms with van der Waals surface area (Å²) in [4.78, 5) is 11.3. The molecule has 58 heavy (non-hydrogen) atoms. The maximum absolute atomic E-state index is 5.67. The normalized spacial score (nSPS) is 14.3. The third kappa shape index (κ3) is 4.18. The summed E-state index contributed by atoms with van der Waals surface area (Å²) in [6.45, 7) is 4.74. The van der Waals surface area contributed by atoms with Gasteiger partial charge in [0.15, 0.2) is 0 Å². The molecule has 4 aromatic heterocycles. The van der Waals surface area contributed by atoms with Gasteiger partial charge >= 0.3 is 0 Å². The Morgan fingerprint density at radius 1 is 0.621 bits per heavy atom. The van der Waals surface area contributed by atoms with E-state index in [1.165, 1.54) is 81.9 Å². The first-order valence-corrected chi connectivity index (χ1v) is 21.1. The topological polar surface area (TPSA) is 35.6 Å². The van der Waals surface area contributed by atoms with Crippen LogP contribution in [-0.2, 0) is 11.8 Å². The zero-order valence-electron chi connectivity index (χ0n) is 32.1. The summed E-state index contributed by atoms with van der Waals surface area (Å²) in [6.07, 6.45) is 6.72. The Morgan fingerprint density at radius 3 is 2.14 bits per heavy atom. The van der Waals surface area contributed by atoms with Crippen molar-refractivity contribution in [2.75, 3.05) is 0 Å². The van der Waals surface area contributed by atoms with Crippen molar-refractivity contribution < 1.29 is 0 Å². The van der Waals surface area contributed by atoms with Crippen LogP contribution in [-0.4, -0.2) is 19.1 Å². The van der Waals surface area contributed by atoms with Crippen LogP contribution in [0.25, 0.3) is 104 Å². The molecule has 274 valence electrons. The van der Waals surface area contributed by atoms with Crippen molar-refractivity contribution in [1.29, 1.82) is 0 Å². The highest BCUT2D eigenvalue weighted by atomic mass is 32.1. The van der Waals surface area contributed by atoms with E-state index >= 15 is 0 Å². The lowest BCUT2D eigenvalue weighted by Gasteiger charge is -2.21. The van der Waals surface area contributed by atoms with E-state index < -0.39 is 0 Å². The Kier molecular flexibility index (Phi) is 6.47. The molecule has 2 aliphatic carbocycles. The summed E-state index contributed by atoms with van der Waals surface area (Å²) in [7, 11) is 0. The van der Waals surface area contributed by atoms with Crippen molar-refractivity contribution in [3.8, 4) is 34.0 Å².